The Kier molecular flexibility index (Phi) is 2.82. The summed E-state index contributed by atoms with van der Waals surface area (Å²) in [6.07, 6.45) is 3.11. The average Bonchev–Trinajstić information content (AvgIpc) is 3.07. The van der Waals surface area contributed by atoms with Gasteiger partial charge in [0.15, 0.2) is 0 Å². The van der Waals surface area contributed by atoms with E-state index in [0.29, 0.717) is 22.6 Å². The van der Waals surface area contributed by atoms with Crippen molar-refractivity contribution in [3.63, 3.8) is 0 Å². The van der Waals surface area contributed by atoms with E-state index in [-0.39, 0.29) is 5.63 Å². The van der Waals surface area contributed by atoms with E-state index in [1.54, 1.807) is 18.4 Å². The van der Waals surface area contributed by atoms with Gasteiger partial charge in [-0.3, -0.25) is 0 Å². The second-order valence-electron chi connectivity index (χ2n) is 5.04. The van der Waals surface area contributed by atoms with E-state index in [9.17, 15) is 4.79 Å². The van der Waals surface area contributed by atoms with Crippen LogP contribution in [-0.4, -0.2) is 12.1 Å². The zero-order valence-corrected chi connectivity index (χ0v) is 12.3. The third-order valence-corrected chi connectivity index (χ3v) is 5.02. The van der Waals surface area contributed by atoms with Gasteiger partial charge in [0.25, 0.3) is 0 Å². The van der Waals surface area contributed by atoms with Gasteiger partial charge < -0.3 is 9.15 Å². The lowest BCUT2D eigenvalue weighted by molar-refractivity contribution is 0.413. The fourth-order valence-electron chi connectivity index (χ4n) is 2.87. The summed E-state index contributed by atoms with van der Waals surface area (Å²) < 4.78 is 10.8. The summed E-state index contributed by atoms with van der Waals surface area (Å²) in [5.41, 5.74) is 1.55. The van der Waals surface area contributed by atoms with E-state index < -0.39 is 0 Å². The van der Waals surface area contributed by atoms with Gasteiger partial charge in [0.2, 0.25) is 5.89 Å². The minimum Gasteiger partial charge on any atom is -0.496 e. The Morgan fingerprint density at radius 1 is 1.29 bits per heavy atom. The van der Waals surface area contributed by atoms with Crippen molar-refractivity contribution in [3.05, 3.63) is 45.1 Å². The minimum atomic E-state index is -0.291. The van der Waals surface area contributed by atoms with Crippen molar-refractivity contribution in [3.8, 4) is 17.2 Å². The average molecular weight is 299 g/mol. The SMILES string of the molecule is COc1ccccc1-c1nc2sc3c(c2c(=O)o1)CCC3. The molecule has 0 aliphatic heterocycles. The Labute approximate surface area is 125 Å². The quantitative estimate of drug-likeness (QED) is 0.727. The number of hydrogen-bond donors (Lipinski definition) is 0. The third-order valence-electron chi connectivity index (χ3n) is 3.84. The van der Waals surface area contributed by atoms with Gasteiger partial charge in [0.05, 0.1) is 12.7 Å². The van der Waals surface area contributed by atoms with E-state index in [0.717, 1.165) is 29.7 Å². The van der Waals surface area contributed by atoms with E-state index in [1.165, 1.54) is 4.88 Å². The van der Waals surface area contributed by atoms with Crippen LogP contribution in [0.1, 0.15) is 16.9 Å². The molecule has 0 unspecified atom stereocenters. The van der Waals surface area contributed by atoms with Gasteiger partial charge in [-0.1, -0.05) is 12.1 Å². The first kappa shape index (κ1) is 12.6. The first-order valence-electron chi connectivity index (χ1n) is 6.86. The first-order chi connectivity index (χ1) is 10.3. The lowest BCUT2D eigenvalue weighted by Gasteiger charge is -2.05. The largest absolute Gasteiger partial charge is 0.496 e. The van der Waals surface area contributed by atoms with Crippen molar-refractivity contribution in [1.29, 1.82) is 0 Å². The number of aromatic nitrogens is 1. The highest BCUT2D eigenvalue weighted by Gasteiger charge is 2.23. The molecule has 0 bridgehead atoms. The number of nitrogens with zero attached hydrogens (tertiary/aromatic N) is 1. The third kappa shape index (κ3) is 1.88. The highest BCUT2D eigenvalue weighted by atomic mass is 32.1. The van der Waals surface area contributed by atoms with Gasteiger partial charge in [0, 0.05) is 4.88 Å². The maximum Gasteiger partial charge on any atom is 0.348 e. The zero-order valence-electron chi connectivity index (χ0n) is 11.5. The smallest absolute Gasteiger partial charge is 0.348 e. The minimum absolute atomic E-state index is 0.291. The first-order valence-corrected chi connectivity index (χ1v) is 7.68. The zero-order chi connectivity index (χ0) is 14.4. The lowest BCUT2D eigenvalue weighted by Crippen LogP contribution is -2.03. The molecule has 106 valence electrons. The lowest BCUT2D eigenvalue weighted by atomic mass is 10.2. The van der Waals surface area contributed by atoms with Crippen molar-refractivity contribution in [2.24, 2.45) is 0 Å². The number of methoxy groups -OCH3 is 1. The summed E-state index contributed by atoms with van der Waals surface area (Å²) in [6, 6.07) is 7.42. The number of thiophene rings is 1. The van der Waals surface area contributed by atoms with Crippen LogP contribution >= 0.6 is 11.3 Å². The Balaban J connectivity index is 1.98. The monoisotopic (exact) mass is 299 g/mol. The molecule has 1 aliphatic rings. The summed E-state index contributed by atoms with van der Waals surface area (Å²) in [4.78, 5) is 19.0. The molecular weight excluding hydrogens is 286 g/mol. The van der Waals surface area contributed by atoms with Crippen LogP contribution in [0.15, 0.2) is 33.5 Å². The van der Waals surface area contributed by atoms with Crippen molar-refractivity contribution >= 4 is 21.6 Å². The summed E-state index contributed by atoms with van der Waals surface area (Å²) in [5, 5.41) is 0.672. The molecule has 1 aromatic carbocycles. The summed E-state index contributed by atoms with van der Waals surface area (Å²) in [7, 11) is 1.59. The van der Waals surface area contributed by atoms with Crippen LogP contribution in [0.4, 0.5) is 0 Å². The van der Waals surface area contributed by atoms with E-state index >= 15 is 0 Å². The number of fused-ring (bicyclic) bond motifs is 3. The molecule has 5 heteroatoms. The molecule has 4 rings (SSSR count). The molecule has 1 aliphatic carbocycles. The van der Waals surface area contributed by atoms with Crippen LogP contribution in [0, 0.1) is 0 Å². The topological polar surface area (TPSA) is 52.3 Å². The fourth-order valence-corrected chi connectivity index (χ4v) is 4.11. The molecule has 4 nitrogen and oxygen atoms in total. The van der Waals surface area contributed by atoms with Crippen LogP contribution in [0.3, 0.4) is 0 Å². The van der Waals surface area contributed by atoms with Gasteiger partial charge >= 0.3 is 5.63 Å². The molecule has 21 heavy (non-hydrogen) atoms. The highest BCUT2D eigenvalue weighted by Crippen LogP contribution is 2.36. The van der Waals surface area contributed by atoms with Crippen LogP contribution in [0.5, 0.6) is 5.75 Å². The second-order valence-corrected chi connectivity index (χ2v) is 6.13. The number of aryl methyl sites for hydroxylation is 2. The fraction of sp³-hybridized carbons (Fsp3) is 0.250. The van der Waals surface area contributed by atoms with Gasteiger partial charge in [-0.05, 0) is 37.0 Å². The molecule has 0 atom stereocenters. The molecule has 2 heterocycles. The molecule has 0 saturated heterocycles. The summed E-state index contributed by atoms with van der Waals surface area (Å²) in [5.74, 6) is 0.974. The van der Waals surface area contributed by atoms with Crippen molar-refractivity contribution < 1.29 is 9.15 Å². The Morgan fingerprint density at radius 2 is 2.14 bits per heavy atom. The van der Waals surface area contributed by atoms with Gasteiger partial charge in [-0.2, -0.15) is 0 Å². The van der Waals surface area contributed by atoms with Crippen LogP contribution < -0.4 is 10.4 Å². The standard InChI is InChI=1S/C16H13NO3S/c1-19-11-7-3-2-5-9(11)14-17-15-13(16(18)20-14)10-6-4-8-12(10)21-15/h2-3,5,7H,4,6,8H2,1H3. The molecule has 0 N–H and O–H groups in total. The van der Waals surface area contributed by atoms with Gasteiger partial charge in [0.1, 0.15) is 16.0 Å². The number of ether oxygens (including phenoxy) is 1. The van der Waals surface area contributed by atoms with E-state index in [2.05, 4.69) is 4.98 Å². The second kappa shape index (κ2) is 4.70. The molecule has 2 aromatic heterocycles. The number of hydrogen-bond acceptors (Lipinski definition) is 5. The molecule has 0 fully saturated rings. The normalized spacial score (nSPS) is 13.6. The number of rotatable bonds is 2. The van der Waals surface area contributed by atoms with Crippen LogP contribution in [-0.2, 0) is 12.8 Å². The predicted molar refractivity (Wildman–Crippen MR) is 82.2 cm³/mol. The number of para-hydroxylation sites is 1. The molecule has 0 amide bonds. The van der Waals surface area contributed by atoms with Crippen LogP contribution in [0.25, 0.3) is 21.7 Å². The van der Waals surface area contributed by atoms with Gasteiger partial charge in [-0.25, -0.2) is 9.78 Å². The van der Waals surface area contributed by atoms with Gasteiger partial charge in [-0.15, -0.1) is 11.3 Å². The highest BCUT2D eigenvalue weighted by molar-refractivity contribution is 7.18. The maximum absolute atomic E-state index is 12.4. The molecule has 0 radical (unpaired) electrons. The Hall–Kier alpha value is -2.14. The number of benzene rings is 1. The predicted octanol–water partition coefficient (Wildman–Crippen LogP) is 3.41. The Morgan fingerprint density at radius 3 is 3.00 bits per heavy atom. The van der Waals surface area contributed by atoms with Crippen LogP contribution in [0.2, 0.25) is 0 Å². The van der Waals surface area contributed by atoms with Crippen molar-refractivity contribution in [1.82, 2.24) is 4.98 Å². The summed E-state index contributed by atoms with van der Waals surface area (Å²) in [6.45, 7) is 0. The molecular formula is C16H13NO3S. The van der Waals surface area contributed by atoms with E-state index in [1.807, 2.05) is 24.3 Å². The molecule has 0 spiro atoms. The molecule has 0 saturated carbocycles. The summed E-state index contributed by atoms with van der Waals surface area (Å²) >= 11 is 1.61. The van der Waals surface area contributed by atoms with E-state index in [4.69, 9.17) is 9.15 Å². The van der Waals surface area contributed by atoms with Crippen molar-refractivity contribution in [2.45, 2.75) is 19.3 Å². The molecule has 3 aromatic rings. The maximum atomic E-state index is 12.4. The van der Waals surface area contributed by atoms with Crippen molar-refractivity contribution in [2.75, 3.05) is 7.11 Å². The Bertz CT molecular complexity index is 894.